The van der Waals surface area contributed by atoms with Gasteiger partial charge in [0.2, 0.25) is 0 Å². The highest BCUT2D eigenvalue weighted by Crippen LogP contribution is 2.39. The van der Waals surface area contributed by atoms with Crippen LogP contribution >= 0.6 is 15.9 Å². The molecule has 1 atom stereocenters. The molecule has 1 aliphatic rings. The molecule has 0 spiro atoms. The Labute approximate surface area is 120 Å². The molecule has 0 saturated heterocycles. The maximum absolute atomic E-state index is 13.7. The van der Waals surface area contributed by atoms with Crippen LogP contribution in [0.2, 0.25) is 0 Å². The molecule has 1 aliphatic carbocycles. The van der Waals surface area contributed by atoms with Crippen LogP contribution in [0.4, 0.5) is 4.39 Å². The van der Waals surface area contributed by atoms with Crippen molar-refractivity contribution in [3.05, 3.63) is 33.7 Å². The highest BCUT2D eigenvalue weighted by Gasteiger charge is 2.32. The summed E-state index contributed by atoms with van der Waals surface area (Å²) in [4.78, 5) is 3.38. The van der Waals surface area contributed by atoms with E-state index in [0.717, 1.165) is 35.9 Å². The number of hydrogen-bond donors (Lipinski definition) is 2. The van der Waals surface area contributed by atoms with Crippen molar-refractivity contribution < 1.29 is 9.50 Å². The largest absolute Gasteiger partial charge is 0.390 e. The third-order valence-corrected chi connectivity index (χ3v) is 5.01. The fraction of sp³-hybridized carbons (Fsp3) is 0.467. The Morgan fingerprint density at radius 3 is 2.84 bits per heavy atom. The van der Waals surface area contributed by atoms with Crippen LogP contribution in [0.15, 0.2) is 16.6 Å². The summed E-state index contributed by atoms with van der Waals surface area (Å²) in [5, 5.41) is 11.1. The molecule has 2 nitrogen and oxygen atoms in total. The van der Waals surface area contributed by atoms with E-state index in [1.165, 1.54) is 11.6 Å². The molecular weight excluding hydrogens is 309 g/mol. The number of aliphatic hydroxyl groups is 1. The lowest BCUT2D eigenvalue weighted by atomic mass is 9.78. The van der Waals surface area contributed by atoms with E-state index < -0.39 is 5.60 Å². The molecule has 1 aromatic carbocycles. The van der Waals surface area contributed by atoms with Crippen LogP contribution in [0, 0.1) is 11.7 Å². The van der Waals surface area contributed by atoms with E-state index in [2.05, 4.69) is 20.9 Å². The van der Waals surface area contributed by atoms with E-state index in [9.17, 15) is 9.50 Å². The van der Waals surface area contributed by atoms with Gasteiger partial charge in [-0.05, 0) is 72.7 Å². The summed E-state index contributed by atoms with van der Waals surface area (Å²) in [5.74, 6) is 0.0237. The number of benzene rings is 1. The zero-order valence-electron chi connectivity index (χ0n) is 11.1. The Morgan fingerprint density at radius 1 is 1.42 bits per heavy atom. The first-order valence-corrected chi connectivity index (χ1v) is 7.37. The number of H-pyrrole nitrogens is 1. The summed E-state index contributed by atoms with van der Waals surface area (Å²) in [7, 11) is 0. The van der Waals surface area contributed by atoms with Gasteiger partial charge in [0.05, 0.1) is 10.1 Å². The molecule has 0 amide bonds. The minimum Gasteiger partial charge on any atom is -0.390 e. The van der Waals surface area contributed by atoms with Crippen LogP contribution in [-0.2, 0) is 12.8 Å². The Hall–Kier alpha value is -0.870. The van der Waals surface area contributed by atoms with Crippen molar-refractivity contribution in [2.45, 2.75) is 38.7 Å². The second kappa shape index (κ2) is 4.32. The maximum Gasteiger partial charge on any atom is 0.138 e. The molecule has 0 radical (unpaired) electrons. The topological polar surface area (TPSA) is 36.0 Å². The minimum absolute atomic E-state index is 0.223. The van der Waals surface area contributed by atoms with Crippen molar-refractivity contribution >= 4 is 26.8 Å². The molecule has 0 fully saturated rings. The molecule has 19 heavy (non-hydrogen) atoms. The second-order valence-corrected chi connectivity index (χ2v) is 6.75. The van der Waals surface area contributed by atoms with E-state index >= 15 is 0 Å². The van der Waals surface area contributed by atoms with Gasteiger partial charge in [-0.3, -0.25) is 0 Å². The highest BCUT2D eigenvalue weighted by molar-refractivity contribution is 9.10. The molecule has 0 saturated carbocycles. The summed E-state index contributed by atoms with van der Waals surface area (Å²) >= 11 is 3.35. The van der Waals surface area contributed by atoms with Crippen molar-refractivity contribution in [1.82, 2.24) is 4.98 Å². The molecule has 1 heterocycles. The summed E-state index contributed by atoms with van der Waals surface area (Å²) in [6, 6.07) is 3.26. The number of aromatic amines is 1. The Morgan fingerprint density at radius 2 is 2.16 bits per heavy atom. The van der Waals surface area contributed by atoms with Crippen LogP contribution in [0.1, 0.15) is 31.5 Å². The van der Waals surface area contributed by atoms with Crippen LogP contribution < -0.4 is 0 Å². The van der Waals surface area contributed by atoms with E-state index in [1.54, 1.807) is 6.07 Å². The van der Waals surface area contributed by atoms with E-state index in [-0.39, 0.29) is 11.7 Å². The second-order valence-electron chi connectivity index (χ2n) is 5.96. The molecule has 0 aliphatic heterocycles. The molecule has 102 valence electrons. The first kappa shape index (κ1) is 13.1. The Bertz CT molecular complexity index is 642. The molecule has 0 unspecified atom stereocenters. The molecule has 4 heteroatoms. The molecular formula is C15H17BrFNO. The van der Waals surface area contributed by atoms with Crippen molar-refractivity contribution in [3.8, 4) is 0 Å². The van der Waals surface area contributed by atoms with Crippen molar-refractivity contribution in [2.75, 3.05) is 0 Å². The summed E-state index contributed by atoms with van der Waals surface area (Å²) in [5.41, 5.74) is 2.63. The van der Waals surface area contributed by atoms with Crippen molar-refractivity contribution in [3.63, 3.8) is 0 Å². The number of fused-ring (bicyclic) bond motifs is 3. The van der Waals surface area contributed by atoms with Gasteiger partial charge in [0.1, 0.15) is 5.82 Å². The van der Waals surface area contributed by atoms with Crippen LogP contribution in [0.5, 0.6) is 0 Å². The van der Waals surface area contributed by atoms with E-state index in [0.29, 0.717) is 4.47 Å². The average molecular weight is 326 g/mol. The highest BCUT2D eigenvalue weighted by atomic mass is 79.9. The number of rotatable bonds is 1. The minimum atomic E-state index is -0.669. The fourth-order valence-corrected chi connectivity index (χ4v) is 3.64. The lowest BCUT2D eigenvalue weighted by Crippen LogP contribution is -2.34. The van der Waals surface area contributed by atoms with Crippen LogP contribution in [-0.4, -0.2) is 15.7 Å². The smallest absolute Gasteiger partial charge is 0.138 e. The van der Waals surface area contributed by atoms with Gasteiger partial charge in [-0.1, -0.05) is 0 Å². The number of nitrogens with one attached hydrogen (secondary N) is 1. The SMILES string of the molecule is CC(C)(O)[C@H]1CCc2c([nH]c3ccc(F)c(Br)c23)C1. The van der Waals surface area contributed by atoms with Gasteiger partial charge in [0.25, 0.3) is 0 Å². The molecule has 2 aromatic rings. The van der Waals surface area contributed by atoms with Gasteiger partial charge in [-0.25, -0.2) is 4.39 Å². The Kier molecular flexibility index (Phi) is 2.98. The first-order valence-electron chi connectivity index (χ1n) is 6.57. The molecule has 1 aromatic heterocycles. The molecule has 0 bridgehead atoms. The van der Waals surface area contributed by atoms with Crippen LogP contribution in [0.25, 0.3) is 10.9 Å². The maximum atomic E-state index is 13.7. The number of aryl methyl sites for hydroxylation is 1. The van der Waals surface area contributed by atoms with Crippen LogP contribution in [0.3, 0.4) is 0 Å². The zero-order valence-corrected chi connectivity index (χ0v) is 12.6. The standard InChI is InChI=1S/C15H17BrFNO/c1-15(2,19)8-3-4-9-12(7-8)18-11-6-5-10(17)14(16)13(9)11/h5-6,8,18-19H,3-4,7H2,1-2H3/t8-/m0/s1. The monoisotopic (exact) mass is 325 g/mol. The third kappa shape index (κ3) is 2.11. The molecule has 3 rings (SSSR count). The molecule has 2 N–H and O–H groups in total. The van der Waals surface area contributed by atoms with Gasteiger partial charge in [0.15, 0.2) is 0 Å². The number of halogens is 2. The third-order valence-electron chi connectivity index (χ3n) is 4.24. The number of aromatic nitrogens is 1. The van der Waals surface area contributed by atoms with Crippen molar-refractivity contribution in [2.24, 2.45) is 5.92 Å². The summed E-state index contributed by atoms with van der Waals surface area (Å²) < 4.78 is 14.2. The Balaban J connectivity index is 2.11. The average Bonchev–Trinajstić information content (AvgIpc) is 2.70. The van der Waals surface area contributed by atoms with E-state index in [1.807, 2.05) is 13.8 Å². The van der Waals surface area contributed by atoms with Gasteiger partial charge in [-0.15, -0.1) is 0 Å². The van der Waals surface area contributed by atoms with Gasteiger partial charge >= 0.3 is 0 Å². The quantitative estimate of drug-likeness (QED) is 0.818. The summed E-state index contributed by atoms with van der Waals surface area (Å²) in [6.45, 7) is 3.72. The predicted molar refractivity (Wildman–Crippen MR) is 77.8 cm³/mol. The first-order chi connectivity index (χ1) is 8.88. The van der Waals surface area contributed by atoms with E-state index in [4.69, 9.17) is 0 Å². The fourth-order valence-electron chi connectivity index (χ4n) is 3.06. The number of hydrogen-bond acceptors (Lipinski definition) is 1. The predicted octanol–water partition coefficient (Wildman–Crippen LogP) is 3.95. The van der Waals surface area contributed by atoms with Crippen molar-refractivity contribution in [1.29, 1.82) is 0 Å². The lowest BCUT2D eigenvalue weighted by Gasteiger charge is -2.32. The normalized spacial score (nSPS) is 19.7. The summed E-state index contributed by atoms with van der Waals surface area (Å²) in [6.07, 6.45) is 2.64. The van der Waals surface area contributed by atoms with Gasteiger partial charge < -0.3 is 10.1 Å². The van der Waals surface area contributed by atoms with Gasteiger partial charge in [-0.2, -0.15) is 0 Å². The van der Waals surface area contributed by atoms with Gasteiger partial charge in [0, 0.05) is 16.6 Å². The lowest BCUT2D eigenvalue weighted by molar-refractivity contribution is 0.0107. The zero-order chi connectivity index (χ0) is 13.8.